The Bertz CT molecular complexity index is 481. The van der Waals surface area contributed by atoms with Gasteiger partial charge >= 0.3 is 0 Å². The molecule has 2 aliphatic rings. The zero-order chi connectivity index (χ0) is 15.0. The Morgan fingerprint density at radius 1 is 1.33 bits per heavy atom. The van der Waals surface area contributed by atoms with E-state index in [1.54, 1.807) is 12.1 Å². The molecule has 2 saturated heterocycles. The molecule has 2 heterocycles. The first kappa shape index (κ1) is 14.9. The summed E-state index contributed by atoms with van der Waals surface area (Å²) >= 11 is 0. The lowest BCUT2D eigenvalue weighted by Gasteiger charge is -2.44. The van der Waals surface area contributed by atoms with Gasteiger partial charge in [0.1, 0.15) is 5.82 Å². The predicted octanol–water partition coefficient (Wildman–Crippen LogP) is 2.59. The molecule has 3 nitrogen and oxygen atoms in total. The third kappa shape index (κ3) is 2.85. The molecular formula is C17H25FN2O. The molecule has 2 aliphatic heterocycles. The van der Waals surface area contributed by atoms with Crippen molar-refractivity contribution in [3.05, 3.63) is 35.6 Å². The number of piperidine rings is 1. The standard InChI is InChI=1S/C17H25FN2O/c1-2-16(19)17(11-4-3-5-12(18)8-11)20-13-6-7-14(20)10-15(21)9-13/h3-5,8,13-17,21H,2,6-7,9-10,19H2,1H3. The van der Waals surface area contributed by atoms with Crippen LogP contribution in [0.1, 0.15) is 50.6 Å². The number of nitrogens with two attached hydrogens (primary N) is 1. The molecule has 21 heavy (non-hydrogen) atoms. The summed E-state index contributed by atoms with van der Waals surface area (Å²) in [4.78, 5) is 2.47. The van der Waals surface area contributed by atoms with Gasteiger partial charge in [0.25, 0.3) is 0 Å². The highest BCUT2D eigenvalue weighted by Crippen LogP contribution is 2.42. The van der Waals surface area contributed by atoms with Crippen LogP contribution in [0.15, 0.2) is 24.3 Å². The van der Waals surface area contributed by atoms with Gasteiger partial charge in [0, 0.05) is 18.1 Å². The van der Waals surface area contributed by atoms with Gasteiger partial charge in [-0.3, -0.25) is 4.90 Å². The third-order valence-electron chi connectivity index (χ3n) is 5.15. The number of aliphatic hydroxyl groups is 1. The molecule has 4 atom stereocenters. The van der Waals surface area contributed by atoms with E-state index in [1.165, 1.54) is 6.07 Å². The first-order valence-electron chi connectivity index (χ1n) is 8.06. The van der Waals surface area contributed by atoms with Crippen LogP contribution in [-0.2, 0) is 0 Å². The maximum Gasteiger partial charge on any atom is 0.123 e. The number of rotatable bonds is 4. The van der Waals surface area contributed by atoms with Crippen LogP contribution in [0, 0.1) is 5.82 Å². The van der Waals surface area contributed by atoms with Gasteiger partial charge in [-0.15, -0.1) is 0 Å². The van der Waals surface area contributed by atoms with E-state index in [0.717, 1.165) is 37.7 Å². The van der Waals surface area contributed by atoms with E-state index in [9.17, 15) is 9.50 Å². The molecule has 0 saturated carbocycles. The second-order valence-corrected chi connectivity index (χ2v) is 6.53. The van der Waals surface area contributed by atoms with Crippen molar-refractivity contribution in [2.75, 3.05) is 0 Å². The Labute approximate surface area is 125 Å². The Kier molecular flexibility index (Phi) is 4.29. The summed E-state index contributed by atoms with van der Waals surface area (Å²) in [5.74, 6) is -0.204. The van der Waals surface area contributed by atoms with Crippen LogP contribution in [0.4, 0.5) is 4.39 Å². The summed E-state index contributed by atoms with van der Waals surface area (Å²) in [6.45, 7) is 2.08. The van der Waals surface area contributed by atoms with Gasteiger partial charge in [0.2, 0.25) is 0 Å². The minimum absolute atomic E-state index is 0.00913. The van der Waals surface area contributed by atoms with Crippen molar-refractivity contribution in [2.45, 2.75) is 69.3 Å². The van der Waals surface area contributed by atoms with Crippen molar-refractivity contribution in [2.24, 2.45) is 5.73 Å². The lowest BCUT2D eigenvalue weighted by molar-refractivity contribution is 0.00224. The SMILES string of the molecule is CCC(N)C(c1cccc(F)c1)N1C2CCC1CC(O)C2. The molecule has 4 heteroatoms. The lowest BCUT2D eigenvalue weighted by atomic mass is 9.90. The summed E-state index contributed by atoms with van der Waals surface area (Å²) in [5, 5.41) is 9.98. The molecule has 1 aromatic carbocycles. The number of hydrogen-bond donors (Lipinski definition) is 2. The number of aliphatic hydroxyl groups excluding tert-OH is 1. The van der Waals surface area contributed by atoms with Crippen LogP contribution < -0.4 is 5.73 Å². The summed E-state index contributed by atoms with van der Waals surface area (Å²) in [5.41, 5.74) is 7.36. The third-order valence-corrected chi connectivity index (χ3v) is 5.15. The summed E-state index contributed by atoms with van der Waals surface area (Å²) < 4.78 is 13.6. The monoisotopic (exact) mass is 292 g/mol. The van der Waals surface area contributed by atoms with E-state index < -0.39 is 0 Å². The number of fused-ring (bicyclic) bond motifs is 2. The molecule has 1 aromatic rings. The molecule has 0 aromatic heterocycles. The fourth-order valence-corrected chi connectivity index (χ4v) is 4.19. The first-order chi connectivity index (χ1) is 10.1. The van der Waals surface area contributed by atoms with E-state index >= 15 is 0 Å². The normalized spacial score (nSPS) is 32.1. The predicted molar refractivity (Wildman–Crippen MR) is 81.3 cm³/mol. The average Bonchev–Trinajstić information content (AvgIpc) is 2.71. The highest BCUT2D eigenvalue weighted by atomic mass is 19.1. The van der Waals surface area contributed by atoms with Crippen LogP contribution in [-0.4, -0.2) is 34.2 Å². The zero-order valence-corrected chi connectivity index (χ0v) is 12.6. The Morgan fingerprint density at radius 2 is 2.00 bits per heavy atom. The first-order valence-corrected chi connectivity index (χ1v) is 8.06. The second kappa shape index (κ2) is 6.03. The summed E-state index contributed by atoms with van der Waals surface area (Å²) in [6.07, 6.45) is 4.54. The van der Waals surface area contributed by atoms with Crippen molar-refractivity contribution in [1.29, 1.82) is 0 Å². The van der Waals surface area contributed by atoms with E-state index in [0.29, 0.717) is 12.1 Å². The highest BCUT2D eigenvalue weighted by Gasteiger charge is 2.45. The molecule has 0 amide bonds. The zero-order valence-electron chi connectivity index (χ0n) is 12.6. The molecule has 3 rings (SSSR count). The Hall–Kier alpha value is -0.970. The average molecular weight is 292 g/mol. The van der Waals surface area contributed by atoms with E-state index in [1.807, 2.05) is 6.07 Å². The molecule has 116 valence electrons. The van der Waals surface area contributed by atoms with Crippen LogP contribution >= 0.6 is 0 Å². The van der Waals surface area contributed by atoms with Crippen molar-refractivity contribution in [3.63, 3.8) is 0 Å². The summed E-state index contributed by atoms with van der Waals surface area (Å²) in [6, 6.07) is 7.64. The number of benzene rings is 1. The minimum Gasteiger partial charge on any atom is -0.393 e. The van der Waals surface area contributed by atoms with Crippen molar-refractivity contribution in [3.8, 4) is 0 Å². The van der Waals surface area contributed by atoms with Crippen LogP contribution in [0.25, 0.3) is 0 Å². The molecule has 2 fully saturated rings. The minimum atomic E-state index is -0.204. The van der Waals surface area contributed by atoms with Crippen LogP contribution in [0.3, 0.4) is 0 Å². The number of nitrogens with zero attached hydrogens (tertiary/aromatic N) is 1. The molecule has 2 bridgehead atoms. The van der Waals surface area contributed by atoms with Gasteiger partial charge in [0.15, 0.2) is 0 Å². The van der Waals surface area contributed by atoms with Crippen LogP contribution in [0.2, 0.25) is 0 Å². The molecule has 0 radical (unpaired) electrons. The fourth-order valence-electron chi connectivity index (χ4n) is 4.19. The van der Waals surface area contributed by atoms with Gasteiger partial charge in [-0.1, -0.05) is 19.1 Å². The van der Waals surface area contributed by atoms with Crippen LogP contribution in [0.5, 0.6) is 0 Å². The molecule has 0 spiro atoms. The topological polar surface area (TPSA) is 49.5 Å². The number of halogens is 1. The number of hydrogen-bond acceptors (Lipinski definition) is 3. The van der Waals surface area contributed by atoms with Crippen molar-refractivity contribution < 1.29 is 9.50 Å². The quantitative estimate of drug-likeness (QED) is 0.897. The smallest absolute Gasteiger partial charge is 0.123 e. The second-order valence-electron chi connectivity index (χ2n) is 6.53. The van der Waals surface area contributed by atoms with E-state index in [-0.39, 0.29) is 24.0 Å². The van der Waals surface area contributed by atoms with E-state index in [4.69, 9.17) is 5.73 Å². The van der Waals surface area contributed by atoms with Gasteiger partial charge in [-0.25, -0.2) is 4.39 Å². The largest absolute Gasteiger partial charge is 0.393 e. The van der Waals surface area contributed by atoms with Gasteiger partial charge < -0.3 is 10.8 Å². The van der Waals surface area contributed by atoms with Gasteiger partial charge in [0.05, 0.1) is 12.1 Å². The summed E-state index contributed by atoms with van der Waals surface area (Å²) in [7, 11) is 0. The van der Waals surface area contributed by atoms with Gasteiger partial charge in [-0.2, -0.15) is 0 Å². The maximum absolute atomic E-state index is 13.6. The molecule has 4 unspecified atom stereocenters. The maximum atomic E-state index is 13.6. The Morgan fingerprint density at radius 3 is 2.57 bits per heavy atom. The molecule has 0 aliphatic carbocycles. The van der Waals surface area contributed by atoms with Gasteiger partial charge in [-0.05, 0) is 49.8 Å². The Balaban J connectivity index is 1.93. The van der Waals surface area contributed by atoms with E-state index in [2.05, 4.69) is 11.8 Å². The highest BCUT2D eigenvalue weighted by molar-refractivity contribution is 5.23. The molecular weight excluding hydrogens is 267 g/mol. The lowest BCUT2D eigenvalue weighted by Crippen LogP contribution is -2.51. The van der Waals surface area contributed by atoms with Crippen molar-refractivity contribution >= 4 is 0 Å². The fraction of sp³-hybridized carbons (Fsp3) is 0.647. The van der Waals surface area contributed by atoms with Crippen molar-refractivity contribution in [1.82, 2.24) is 4.90 Å². The molecule has 3 N–H and O–H groups in total.